The zero-order valence-corrected chi connectivity index (χ0v) is 15.4. The molecule has 0 radical (unpaired) electrons. The van der Waals surface area contributed by atoms with Crippen LogP contribution in [0.5, 0.6) is 0 Å². The van der Waals surface area contributed by atoms with E-state index in [0.717, 1.165) is 11.1 Å². The van der Waals surface area contributed by atoms with Crippen molar-refractivity contribution in [2.75, 3.05) is 21.9 Å². The summed E-state index contributed by atoms with van der Waals surface area (Å²) in [5, 5.41) is 3.24. The van der Waals surface area contributed by atoms with E-state index >= 15 is 0 Å². The molecule has 0 aliphatic carbocycles. The third-order valence-corrected chi connectivity index (χ3v) is 6.25. The Morgan fingerprint density at radius 2 is 2.00 bits per heavy atom. The van der Waals surface area contributed by atoms with Gasteiger partial charge in [-0.15, -0.1) is 0 Å². The van der Waals surface area contributed by atoms with Crippen molar-refractivity contribution in [2.45, 2.75) is 19.8 Å². The van der Waals surface area contributed by atoms with E-state index < -0.39 is 10.0 Å². The second-order valence-electron chi connectivity index (χ2n) is 6.02. The van der Waals surface area contributed by atoms with Gasteiger partial charge in [0.15, 0.2) is 0 Å². The van der Waals surface area contributed by atoms with Crippen LogP contribution >= 0.6 is 11.6 Å². The first-order valence-corrected chi connectivity index (χ1v) is 10.00. The lowest BCUT2D eigenvalue weighted by molar-refractivity contribution is -0.115. The molecule has 3 rings (SSSR count). The van der Waals surface area contributed by atoms with Gasteiger partial charge in [0.05, 0.1) is 11.4 Å². The number of nitrogens with one attached hydrogen (secondary N) is 1. The highest BCUT2D eigenvalue weighted by molar-refractivity contribution is 7.92. The summed E-state index contributed by atoms with van der Waals surface area (Å²) in [6, 6.07) is 12.6. The number of anilines is 2. The van der Waals surface area contributed by atoms with Crippen molar-refractivity contribution in [3.8, 4) is 0 Å². The number of benzene rings is 2. The molecular formula is C18H19ClN2O3S. The summed E-state index contributed by atoms with van der Waals surface area (Å²) in [6.07, 6.45) is 0.594. The zero-order chi connectivity index (χ0) is 18.0. The van der Waals surface area contributed by atoms with E-state index in [9.17, 15) is 13.2 Å². The Kier molecular flexibility index (Phi) is 5.01. The summed E-state index contributed by atoms with van der Waals surface area (Å²) in [6.45, 7) is 2.28. The fourth-order valence-corrected chi connectivity index (χ4v) is 4.55. The van der Waals surface area contributed by atoms with Gasteiger partial charge in [-0.25, -0.2) is 8.42 Å². The Labute approximate surface area is 152 Å². The number of nitrogens with zero attached hydrogens (tertiary/aromatic N) is 1. The van der Waals surface area contributed by atoms with E-state index in [0.29, 0.717) is 29.4 Å². The SMILES string of the molecule is Cc1ccc(Cl)cc1NC(=O)CCS(=O)(=O)N1CCc2ccccc21. The number of halogens is 1. The first kappa shape index (κ1) is 17.8. The molecule has 0 atom stereocenters. The quantitative estimate of drug-likeness (QED) is 0.867. The topological polar surface area (TPSA) is 66.5 Å². The van der Waals surface area contributed by atoms with Crippen molar-refractivity contribution in [1.29, 1.82) is 0 Å². The standard InChI is InChI=1S/C18H19ClN2O3S/c1-13-6-7-15(19)12-16(13)20-18(22)9-11-25(23,24)21-10-8-14-4-2-3-5-17(14)21/h2-7,12H,8-11H2,1H3,(H,20,22). The van der Waals surface area contributed by atoms with Gasteiger partial charge in [0.25, 0.3) is 0 Å². The minimum Gasteiger partial charge on any atom is -0.326 e. The van der Waals surface area contributed by atoms with Gasteiger partial charge < -0.3 is 5.32 Å². The normalized spacial score (nSPS) is 13.6. The molecule has 0 spiro atoms. The van der Waals surface area contributed by atoms with Crippen molar-refractivity contribution in [3.05, 3.63) is 58.6 Å². The number of amides is 1. The smallest absolute Gasteiger partial charge is 0.235 e. The average molecular weight is 379 g/mol. The van der Waals surface area contributed by atoms with E-state index in [-0.39, 0.29) is 18.1 Å². The van der Waals surface area contributed by atoms with Crippen LogP contribution in [0.15, 0.2) is 42.5 Å². The Morgan fingerprint density at radius 3 is 2.80 bits per heavy atom. The zero-order valence-electron chi connectivity index (χ0n) is 13.8. The maximum atomic E-state index is 12.6. The summed E-state index contributed by atoms with van der Waals surface area (Å²) in [5.74, 6) is -0.575. The van der Waals surface area contributed by atoms with Crippen LogP contribution in [-0.2, 0) is 21.2 Å². The number of sulfonamides is 1. The average Bonchev–Trinajstić information content (AvgIpc) is 3.01. The van der Waals surface area contributed by atoms with Crippen LogP contribution in [0.25, 0.3) is 0 Å². The molecule has 1 amide bonds. The molecule has 2 aromatic rings. The second-order valence-corrected chi connectivity index (χ2v) is 8.47. The van der Waals surface area contributed by atoms with Crippen LogP contribution < -0.4 is 9.62 Å². The second kappa shape index (κ2) is 7.06. The van der Waals surface area contributed by atoms with Gasteiger partial charge in [-0.05, 0) is 42.7 Å². The lowest BCUT2D eigenvalue weighted by Crippen LogP contribution is -2.32. The van der Waals surface area contributed by atoms with Crippen LogP contribution in [0.4, 0.5) is 11.4 Å². The first-order chi connectivity index (χ1) is 11.9. The van der Waals surface area contributed by atoms with E-state index in [1.807, 2.05) is 25.1 Å². The van der Waals surface area contributed by atoms with Gasteiger partial charge in [-0.2, -0.15) is 0 Å². The van der Waals surface area contributed by atoms with Gasteiger partial charge in [-0.3, -0.25) is 9.10 Å². The highest BCUT2D eigenvalue weighted by Gasteiger charge is 2.29. The predicted octanol–water partition coefficient (Wildman–Crippen LogP) is 3.37. The van der Waals surface area contributed by atoms with E-state index in [1.165, 1.54) is 4.31 Å². The van der Waals surface area contributed by atoms with E-state index in [1.54, 1.807) is 24.3 Å². The van der Waals surface area contributed by atoms with Gasteiger partial charge in [0.1, 0.15) is 0 Å². The van der Waals surface area contributed by atoms with Crippen molar-refractivity contribution < 1.29 is 13.2 Å². The molecular weight excluding hydrogens is 360 g/mol. The molecule has 1 N–H and O–H groups in total. The van der Waals surface area contributed by atoms with Crippen molar-refractivity contribution in [3.63, 3.8) is 0 Å². The number of fused-ring (bicyclic) bond motifs is 1. The van der Waals surface area contributed by atoms with Gasteiger partial charge in [0.2, 0.25) is 15.9 Å². The molecule has 1 aliphatic heterocycles. The molecule has 2 aromatic carbocycles. The molecule has 0 fully saturated rings. The summed E-state index contributed by atoms with van der Waals surface area (Å²) in [7, 11) is -3.53. The van der Waals surface area contributed by atoms with Gasteiger partial charge in [0, 0.05) is 23.7 Å². The third kappa shape index (κ3) is 3.96. The first-order valence-electron chi connectivity index (χ1n) is 8.01. The molecule has 1 heterocycles. The monoisotopic (exact) mass is 378 g/mol. The van der Waals surface area contributed by atoms with Crippen LogP contribution in [-0.4, -0.2) is 26.6 Å². The maximum Gasteiger partial charge on any atom is 0.235 e. The van der Waals surface area contributed by atoms with Crippen LogP contribution in [0.1, 0.15) is 17.5 Å². The summed E-state index contributed by atoms with van der Waals surface area (Å²) in [4.78, 5) is 12.1. The fraction of sp³-hybridized carbons (Fsp3) is 0.278. The Balaban J connectivity index is 1.65. The van der Waals surface area contributed by atoms with Gasteiger partial charge >= 0.3 is 0 Å². The molecule has 1 aliphatic rings. The number of rotatable bonds is 5. The summed E-state index contributed by atoms with van der Waals surface area (Å²) >= 11 is 5.93. The highest BCUT2D eigenvalue weighted by Crippen LogP contribution is 2.30. The number of carbonyl (C=O) groups is 1. The lowest BCUT2D eigenvalue weighted by atomic mass is 10.2. The summed E-state index contributed by atoms with van der Waals surface area (Å²) in [5.41, 5.74) is 3.20. The van der Waals surface area contributed by atoms with Crippen LogP contribution in [0.2, 0.25) is 5.02 Å². The van der Waals surface area contributed by atoms with Crippen LogP contribution in [0, 0.1) is 6.92 Å². The van der Waals surface area contributed by atoms with Crippen molar-refractivity contribution in [2.24, 2.45) is 0 Å². The third-order valence-electron chi connectivity index (χ3n) is 4.24. The van der Waals surface area contributed by atoms with Crippen LogP contribution in [0.3, 0.4) is 0 Å². The fourth-order valence-electron chi connectivity index (χ4n) is 2.87. The molecule has 0 unspecified atom stereocenters. The predicted molar refractivity (Wildman–Crippen MR) is 101 cm³/mol. The minimum atomic E-state index is -3.53. The van der Waals surface area contributed by atoms with Gasteiger partial charge in [-0.1, -0.05) is 35.9 Å². The maximum absolute atomic E-state index is 12.6. The molecule has 0 saturated carbocycles. The molecule has 25 heavy (non-hydrogen) atoms. The van der Waals surface area contributed by atoms with Crippen molar-refractivity contribution >= 4 is 38.9 Å². The molecule has 7 heteroatoms. The Hall–Kier alpha value is -2.05. The Morgan fingerprint density at radius 1 is 1.24 bits per heavy atom. The minimum absolute atomic E-state index is 0.104. The molecule has 132 valence electrons. The number of hydrogen-bond acceptors (Lipinski definition) is 3. The Bertz CT molecular complexity index is 912. The lowest BCUT2D eigenvalue weighted by Gasteiger charge is -2.19. The number of para-hydroxylation sites is 1. The number of hydrogen-bond donors (Lipinski definition) is 1. The highest BCUT2D eigenvalue weighted by atomic mass is 35.5. The largest absolute Gasteiger partial charge is 0.326 e. The van der Waals surface area contributed by atoms with Crippen molar-refractivity contribution in [1.82, 2.24) is 0 Å². The molecule has 0 aromatic heterocycles. The van der Waals surface area contributed by atoms with E-state index in [4.69, 9.17) is 11.6 Å². The molecule has 0 saturated heterocycles. The summed E-state index contributed by atoms with van der Waals surface area (Å²) < 4.78 is 26.6. The van der Waals surface area contributed by atoms with E-state index in [2.05, 4.69) is 5.32 Å². The number of carbonyl (C=O) groups excluding carboxylic acids is 1. The number of aryl methyl sites for hydroxylation is 1. The molecule has 0 bridgehead atoms. The molecule has 5 nitrogen and oxygen atoms in total.